The number of carbonyl (C=O) groups is 2. The van der Waals surface area contributed by atoms with Gasteiger partial charge in [0.15, 0.2) is 0 Å². The Bertz CT molecular complexity index is 925. The maximum absolute atomic E-state index is 12.1. The highest BCUT2D eigenvalue weighted by Crippen LogP contribution is 2.41. The topological polar surface area (TPSA) is 115 Å². The Morgan fingerprint density at radius 2 is 2.07 bits per heavy atom. The first-order chi connectivity index (χ1) is 13.7. The number of carbonyl (C=O) groups excluding carboxylic acids is 2. The van der Waals surface area contributed by atoms with Crippen molar-refractivity contribution in [3.63, 3.8) is 0 Å². The third-order valence-corrected chi connectivity index (χ3v) is 5.69. The first kappa shape index (κ1) is 22.3. The molecule has 1 heterocycles. The van der Waals surface area contributed by atoms with E-state index in [-0.39, 0.29) is 11.7 Å². The van der Waals surface area contributed by atoms with Crippen LogP contribution in [0.15, 0.2) is 28.8 Å². The molecule has 152 valence electrons. The molecule has 0 bridgehead atoms. The molecule has 0 radical (unpaired) electrons. The molecule has 8 heteroatoms. The second kappa shape index (κ2) is 9.49. The number of hydrogen-bond donors (Lipinski definition) is 2. The minimum absolute atomic E-state index is 0.0393. The summed E-state index contributed by atoms with van der Waals surface area (Å²) in [6, 6.07) is 9.92. The lowest BCUT2D eigenvalue weighted by Crippen LogP contribution is -2.44. The van der Waals surface area contributed by atoms with Crippen LogP contribution in [-0.2, 0) is 9.59 Å². The molecule has 0 unspecified atom stereocenters. The Morgan fingerprint density at radius 1 is 1.34 bits per heavy atom. The van der Waals surface area contributed by atoms with Gasteiger partial charge in [-0.05, 0) is 25.5 Å². The van der Waals surface area contributed by atoms with Crippen LogP contribution >= 0.6 is 11.8 Å². The number of ether oxygens (including phenoxy) is 1. The first-order valence-electron chi connectivity index (χ1n) is 9.15. The Balaban J connectivity index is 1.87. The highest BCUT2D eigenvalue weighted by molar-refractivity contribution is 8.03. The van der Waals surface area contributed by atoms with Crippen molar-refractivity contribution in [2.75, 3.05) is 18.9 Å². The predicted octanol–water partition coefficient (Wildman–Crippen LogP) is 2.56. The van der Waals surface area contributed by atoms with E-state index in [1.807, 2.05) is 38.1 Å². The van der Waals surface area contributed by atoms with Crippen molar-refractivity contribution >= 4 is 23.6 Å². The fraction of sp³-hybridized carbons (Fsp3) is 0.429. The predicted molar refractivity (Wildman–Crippen MR) is 111 cm³/mol. The van der Waals surface area contributed by atoms with Crippen LogP contribution in [0, 0.1) is 47.8 Å². The van der Waals surface area contributed by atoms with Gasteiger partial charge < -0.3 is 15.4 Å². The lowest BCUT2D eigenvalue weighted by molar-refractivity contribution is -0.125. The number of allylic oxidation sites excluding steroid dienone is 1. The van der Waals surface area contributed by atoms with E-state index in [4.69, 9.17) is 4.74 Å². The van der Waals surface area contributed by atoms with Gasteiger partial charge in [-0.25, -0.2) is 0 Å². The molecule has 1 atom stereocenters. The summed E-state index contributed by atoms with van der Waals surface area (Å²) in [6.07, 6.45) is 0. The SMILES string of the molecule is Cc1ccc(OCCNC(=O)CSC2=C(C#N)C(C)(C)[C@H](C#N)C(=O)N2)c(C)c1. The van der Waals surface area contributed by atoms with Crippen molar-refractivity contribution < 1.29 is 14.3 Å². The van der Waals surface area contributed by atoms with Crippen LogP contribution in [0.1, 0.15) is 25.0 Å². The molecule has 0 saturated carbocycles. The molecule has 0 aromatic heterocycles. The molecule has 2 N–H and O–H groups in total. The molecular weight excluding hydrogens is 388 g/mol. The molecule has 0 saturated heterocycles. The fourth-order valence-electron chi connectivity index (χ4n) is 3.04. The molecule has 1 aliphatic rings. The Kier molecular flexibility index (Phi) is 7.30. The standard InChI is InChI=1S/C21H24N4O3S/c1-13-5-6-17(14(2)9-13)28-8-7-24-18(26)12-29-20-16(11-23)21(3,4)15(10-22)19(27)25-20/h5-6,9,15H,7-8,12H2,1-4H3,(H,24,26)(H,25,27)/t15-/m1/s1. The van der Waals surface area contributed by atoms with E-state index in [2.05, 4.69) is 16.7 Å². The van der Waals surface area contributed by atoms with Gasteiger partial charge in [0.1, 0.15) is 18.3 Å². The van der Waals surface area contributed by atoms with E-state index in [1.165, 1.54) is 0 Å². The van der Waals surface area contributed by atoms with Gasteiger partial charge in [-0.3, -0.25) is 9.59 Å². The number of thioether (sulfide) groups is 1. The summed E-state index contributed by atoms with van der Waals surface area (Å²) in [5.74, 6) is -0.822. The Labute approximate surface area is 175 Å². The largest absolute Gasteiger partial charge is 0.491 e. The molecule has 29 heavy (non-hydrogen) atoms. The van der Waals surface area contributed by atoms with Gasteiger partial charge in [-0.2, -0.15) is 10.5 Å². The number of aryl methyl sites for hydroxylation is 2. The molecule has 7 nitrogen and oxygen atoms in total. The molecule has 1 aliphatic heterocycles. The van der Waals surface area contributed by atoms with Gasteiger partial charge in [0.25, 0.3) is 0 Å². The summed E-state index contributed by atoms with van der Waals surface area (Å²) in [4.78, 5) is 24.3. The Morgan fingerprint density at radius 3 is 2.69 bits per heavy atom. The van der Waals surface area contributed by atoms with Crippen LogP contribution in [-0.4, -0.2) is 30.7 Å². The smallest absolute Gasteiger partial charge is 0.243 e. The molecule has 2 amide bonds. The van der Waals surface area contributed by atoms with Crippen molar-refractivity contribution in [3.05, 3.63) is 39.9 Å². The monoisotopic (exact) mass is 412 g/mol. The third-order valence-electron chi connectivity index (χ3n) is 4.69. The number of rotatable bonds is 7. The molecule has 0 fully saturated rings. The van der Waals surface area contributed by atoms with Crippen LogP contribution in [0.3, 0.4) is 0 Å². The quantitative estimate of drug-likeness (QED) is 0.665. The van der Waals surface area contributed by atoms with Crippen LogP contribution in [0.25, 0.3) is 0 Å². The summed E-state index contributed by atoms with van der Waals surface area (Å²) in [5, 5.41) is 24.4. The number of nitrogens with zero attached hydrogens (tertiary/aromatic N) is 2. The molecule has 1 aromatic carbocycles. The molecule has 2 rings (SSSR count). The van der Waals surface area contributed by atoms with Crippen molar-refractivity contribution in [2.24, 2.45) is 11.3 Å². The minimum atomic E-state index is -0.947. The van der Waals surface area contributed by atoms with Crippen LogP contribution in [0.4, 0.5) is 0 Å². The van der Waals surface area contributed by atoms with Crippen molar-refractivity contribution in [1.82, 2.24) is 10.6 Å². The van der Waals surface area contributed by atoms with Crippen LogP contribution < -0.4 is 15.4 Å². The van der Waals surface area contributed by atoms with Crippen LogP contribution in [0.5, 0.6) is 5.75 Å². The number of benzene rings is 1. The average Bonchev–Trinajstić information content (AvgIpc) is 2.64. The summed E-state index contributed by atoms with van der Waals surface area (Å²) in [7, 11) is 0. The molecule has 1 aromatic rings. The normalized spacial score (nSPS) is 17.7. The first-order valence-corrected chi connectivity index (χ1v) is 10.1. The van der Waals surface area contributed by atoms with Crippen molar-refractivity contribution in [1.29, 1.82) is 10.5 Å². The van der Waals surface area contributed by atoms with Gasteiger partial charge in [-0.1, -0.05) is 43.3 Å². The summed E-state index contributed by atoms with van der Waals surface area (Å²) >= 11 is 1.08. The summed E-state index contributed by atoms with van der Waals surface area (Å²) < 4.78 is 5.68. The van der Waals surface area contributed by atoms with Crippen molar-refractivity contribution in [3.8, 4) is 17.9 Å². The fourth-order valence-corrected chi connectivity index (χ4v) is 4.04. The summed E-state index contributed by atoms with van der Waals surface area (Å²) in [6.45, 7) is 8.02. The number of amides is 2. The zero-order valence-electron chi connectivity index (χ0n) is 17.0. The van der Waals surface area contributed by atoms with Gasteiger partial charge >= 0.3 is 0 Å². The third kappa shape index (κ3) is 5.30. The van der Waals surface area contributed by atoms with Crippen LogP contribution in [0.2, 0.25) is 0 Å². The maximum Gasteiger partial charge on any atom is 0.243 e. The minimum Gasteiger partial charge on any atom is -0.491 e. The Hall–Kier alpha value is -2.97. The highest BCUT2D eigenvalue weighted by Gasteiger charge is 2.44. The van der Waals surface area contributed by atoms with E-state index in [9.17, 15) is 20.1 Å². The molecule has 0 spiro atoms. The average molecular weight is 413 g/mol. The molecular formula is C21H24N4O3S. The van der Waals surface area contributed by atoms with Gasteiger partial charge in [-0.15, -0.1) is 0 Å². The maximum atomic E-state index is 12.1. The van der Waals surface area contributed by atoms with Crippen molar-refractivity contribution in [2.45, 2.75) is 27.7 Å². The lowest BCUT2D eigenvalue weighted by atomic mass is 9.72. The number of nitriles is 2. The van der Waals surface area contributed by atoms with Gasteiger partial charge in [0.05, 0.1) is 35.0 Å². The number of hydrogen-bond acceptors (Lipinski definition) is 6. The van der Waals surface area contributed by atoms with Gasteiger partial charge in [0.2, 0.25) is 11.8 Å². The zero-order chi connectivity index (χ0) is 21.6. The van der Waals surface area contributed by atoms with E-state index in [0.29, 0.717) is 23.8 Å². The molecule has 0 aliphatic carbocycles. The highest BCUT2D eigenvalue weighted by atomic mass is 32.2. The zero-order valence-corrected chi connectivity index (χ0v) is 17.8. The van der Waals surface area contributed by atoms with Gasteiger partial charge in [0, 0.05) is 5.41 Å². The second-order valence-corrected chi connectivity index (χ2v) is 8.33. The van der Waals surface area contributed by atoms with E-state index in [1.54, 1.807) is 13.8 Å². The second-order valence-electron chi connectivity index (χ2n) is 7.35. The lowest BCUT2D eigenvalue weighted by Gasteiger charge is -2.34. The van der Waals surface area contributed by atoms with E-state index in [0.717, 1.165) is 28.6 Å². The number of nitrogens with one attached hydrogen (secondary N) is 2. The van der Waals surface area contributed by atoms with E-state index < -0.39 is 17.2 Å². The summed E-state index contributed by atoms with van der Waals surface area (Å²) in [5.41, 5.74) is 1.59. The van der Waals surface area contributed by atoms with E-state index >= 15 is 0 Å².